The summed E-state index contributed by atoms with van der Waals surface area (Å²) in [5.74, 6) is 0.671. The monoisotopic (exact) mass is 213 g/mol. The fourth-order valence-corrected chi connectivity index (χ4v) is 2.33. The Bertz CT molecular complexity index is 221. The molecule has 0 aliphatic carbocycles. The molecule has 1 saturated heterocycles. The summed E-state index contributed by atoms with van der Waals surface area (Å²) in [6, 6.07) is 1.01. The molecule has 0 saturated carbocycles. The van der Waals surface area contributed by atoms with Crippen molar-refractivity contribution in [2.24, 2.45) is 5.92 Å². The van der Waals surface area contributed by atoms with E-state index in [4.69, 9.17) is 4.74 Å². The first-order valence-corrected chi connectivity index (χ1v) is 6.10. The summed E-state index contributed by atoms with van der Waals surface area (Å²) in [7, 11) is 0. The SMILES string of the molecule is CC(C)[C@H](C)N[C@H]1CC(C)(C)OC1(C)C. The molecule has 1 aliphatic rings. The van der Waals surface area contributed by atoms with Crippen LogP contribution in [0.2, 0.25) is 0 Å². The second-order valence-electron chi connectivity index (χ2n) is 6.42. The van der Waals surface area contributed by atoms with Gasteiger partial charge in [-0.2, -0.15) is 0 Å². The van der Waals surface area contributed by atoms with Crippen LogP contribution in [0.25, 0.3) is 0 Å². The third-order valence-electron chi connectivity index (χ3n) is 3.54. The molecule has 0 bridgehead atoms. The number of rotatable bonds is 3. The number of hydrogen-bond donors (Lipinski definition) is 1. The van der Waals surface area contributed by atoms with Crippen molar-refractivity contribution in [3.05, 3.63) is 0 Å². The van der Waals surface area contributed by atoms with Crippen LogP contribution in [0.5, 0.6) is 0 Å². The highest BCUT2D eigenvalue weighted by atomic mass is 16.5. The van der Waals surface area contributed by atoms with Crippen molar-refractivity contribution < 1.29 is 4.74 Å². The van der Waals surface area contributed by atoms with Crippen LogP contribution in [0.15, 0.2) is 0 Å². The van der Waals surface area contributed by atoms with E-state index in [1.807, 2.05) is 0 Å². The van der Waals surface area contributed by atoms with E-state index >= 15 is 0 Å². The van der Waals surface area contributed by atoms with Gasteiger partial charge in [-0.05, 0) is 47.0 Å². The lowest BCUT2D eigenvalue weighted by Gasteiger charge is -2.31. The highest BCUT2D eigenvalue weighted by molar-refractivity contribution is 4.99. The minimum atomic E-state index is -0.0490. The highest BCUT2D eigenvalue weighted by Crippen LogP contribution is 2.37. The zero-order valence-electron chi connectivity index (χ0n) is 11.3. The van der Waals surface area contributed by atoms with Crippen LogP contribution in [-0.2, 0) is 4.74 Å². The lowest BCUT2D eigenvalue weighted by molar-refractivity contribution is -0.0706. The number of nitrogens with one attached hydrogen (secondary N) is 1. The molecule has 2 nitrogen and oxygen atoms in total. The molecule has 2 atom stereocenters. The minimum absolute atomic E-state index is 0.0118. The Morgan fingerprint density at radius 1 is 1.13 bits per heavy atom. The van der Waals surface area contributed by atoms with Crippen molar-refractivity contribution >= 4 is 0 Å². The third kappa shape index (κ3) is 3.18. The Morgan fingerprint density at radius 3 is 2.00 bits per heavy atom. The Kier molecular flexibility index (Phi) is 3.52. The average Bonchev–Trinajstić information content (AvgIpc) is 2.18. The van der Waals surface area contributed by atoms with Crippen molar-refractivity contribution in [1.29, 1.82) is 0 Å². The van der Waals surface area contributed by atoms with Crippen molar-refractivity contribution in [2.45, 2.75) is 78.2 Å². The summed E-state index contributed by atoms with van der Waals surface area (Å²) in [5, 5.41) is 3.70. The van der Waals surface area contributed by atoms with Crippen molar-refractivity contribution in [3.63, 3.8) is 0 Å². The molecular formula is C13H27NO. The summed E-state index contributed by atoms with van der Waals surface area (Å²) >= 11 is 0. The molecule has 0 unspecified atom stereocenters. The van der Waals surface area contributed by atoms with E-state index < -0.39 is 0 Å². The predicted molar refractivity (Wildman–Crippen MR) is 65.1 cm³/mol. The topological polar surface area (TPSA) is 21.3 Å². The number of ether oxygens (including phenoxy) is 1. The summed E-state index contributed by atoms with van der Waals surface area (Å²) in [5.41, 5.74) is -0.0372. The van der Waals surface area contributed by atoms with E-state index in [2.05, 4.69) is 53.8 Å². The van der Waals surface area contributed by atoms with Gasteiger partial charge in [0.2, 0.25) is 0 Å². The predicted octanol–water partition coefficient (Wildman–Crippen LogP) is 2.97. The normalized spacial score (nSPS) is 30.8. The Morgan fingerprint density at radius 2 is 1.67 bits per heavy atom. The zero-order chi connectivity index (χ0) is 11.9. The zero-order valence-corrected chi connectivity index (χ0v) is 11.3. The van der Waals surface area contributed by atoms with Gasteiger partial charge < -0.3 is 10.1 Å². The third-order valence-corrected chi connectivity index (χ3v) is 3.54. The van der Waals surface area contributed by atoms with E-state index in [9.17, 15) is 0 Å². The highest BCUT2D eigenvalue weighted by Gasteiger charge is 2.46. The molecule has 1 N–H and O–H groups in total. The van der Waals surface area contributed by atoms with Crippen LogP contribution in [0, 0.1) is 5.92 Å². The standard InChI is InChI=1S/C13H27NO/c1-9(2)10(3)14-11-8-12(4,5)15-13(11,6)7/h9-11,14H,8H2,1-7H3/t10-,11-/m0/s1. The van der Waals surface area contributed by atoms with Crippen LogP contribution in [0.3, 0.4) is 0 Å². The molecule has 0 aromatic carbocycles. The fourth-order valence-electron chi connectivity index (χ4n) is 2.33. The molecular weight excluding hydrogens is 186 g/mol. The number of hydrogen-bond acceptors (Lipinski definition) is 2. The summed E-state index contributed by atoms with van der Waals surface area (Å²) in [6.07, 6.45) is 1.09. The maximum absolute atomic E-state index is 6.07. The fraction of sp³-hybridized carbons (Fsp3) is 1.00. The lowest BCUT2D eigenvalue weighted by Crippen LogP contribution is -2.48. The molecule has 0 radical (unpaired) electrons. The van der Waals surface area contributed by atoms with Crippen LogP contribution >= 0.6 is 0 Å². The smallest absolute Gasteiger partial charge is 0.0787 e. The molecule has 1 heterocycles. The second-order valence-corrected chi connectivity index (χ2v) is 6.42. The van der Waals surface area contributed by atoms with Gasteiger partial charge in [0.1, 0.15) is 0 Å². The van der Waals surface area contributed by atoms with Gasteiger partial charge >= 0.3 is 0 Å². The molecule has 1 fully saturated rings. The van der Waals surface area contributed by atoms with Gasteiger partial charge in [-0.3, -0.25) is 0 Å². The molecule has 1 aliphatic heterocycles. The quantitative estimate of drug-likeness (QED) is 0.778. The molecule has 90 valence electrons. The molecule has 0 spiro atoms. The molecule has 0 amide bonds. The van der Waals surface area contributed by atoms with Gasteiger partial charge in [0.25, 0.3) is 0 Å². The van der Waals surface area contributed by atoms with Crippen molar-refractivity contribution in [1.82, 2.24) is 5.32 Å². The largest absolute Gasteiger partial charge is 0.368 e. The second kappa shape index (κ2) is 4.06. The van der Waals surface area contributed by atoms with Crippen LogP contribution < -0.4 is 5.32 Å². The summed E-state index contributed by atoms with van der Waals surface area (Å²) in [6.45, 7) is 15.5. The van der Waals surface area contributed by atoms with E-state index in [0.717, 1.165) is 6.42 Å². The van der Waals surface area contributed by atoms with Gasteiger partial charge in [-0.15, -0.1) is 0 Å². The van der Waals surface area contributed by atoms with Gasteiger partial charge in [0, 0.05) is 12.1 Å². The van der Waals surface area contributed by atoms with Crippen LogP contribution in [0.1, 0.15) is 54.9 Å². The van der Waals surface area contributed by atoms with Gasteiger partial charge in [0.05, 0.1) is 11.2 Å². The molecule has 0 aromatic rings. The van der Waals surface area contributed by atoms with E-state index in [1.165, 1.54) is 0 Å². The van der Waals surface area contributed by atoms with Crippen molar-refractivity contribution in [2.75, 3.05) is 0 Å². The van der Waals surface area contributed by atoms with Crippen molar-refractivity contribution in [3.8, 4) is 0 Å². The van der Waals surface area contributed by atoms with Crippen LogP contribution in [-0.4, -0.2) is 23.3 Å². The van der Waals surface area contributed by atoms with E-state index in [-0.39, 0.29) is 11.2 Å². The summed E-state index contributed by atoms with van der Waals surface area (Å²) in [4.78, 5) is 0. The van der Waals surface area contributed by atoms with E-state index in [1.54, 1.807) is 0 Å². The van der Waals surface area contributed by atoms with Crippen LogP contribution in [0.4, 0.5) is 0 Å². The molecule has 0 aromatic heterocycles. The maximum atomic E-state index is 6.07. The Balaban J connectivity index is 2.63. The summed E-state index contributed by atoms with van der Waals surface area (Å²) < 4.78 is 6.07. The Hall–Kier alpha value is -0.0800. The van der Waals surface area contributed by atoms with E-state index in [0.29, 0.717) is 18.0 Å². The Labute approximate surface area is 94.8 Å². The van der Waals surface area contributed by atoms with Gasteiger partial charge in [-0.1, -0.05) is 13.8 Å². The first-order chi connectivity index (χ1) is 6.64. The molecule has 2 heteroatoms. The molecule has 1 rings (SSSR count). The lowest BCUT2D eigenvalue weighted by atomic mass is 9.92. The first-order valence-electron chi connectivity index (χ1n) is 6.10. The molecule has 15 heavy (non-hydrogen) atoms. The van der Waals surface area contributed by atoms with Gasteiger partial charge in [0.15, 0.2) is 0 Å². The minimum Gasteiger partial charge on any atom is -0.368 e. The average molecular weight is 213 g/mol. The first kappa shape index (κ1) is 13.0. The van der Waals surface area contributed by atoms with Gasteiger partial charge in [-0.25, -0.2) is 0 Å². The maximum Gasteiger partial charge on any atom is 0.0787 e.